The molecule has 0 aromatic rings. The standard InChI is InChI=1S/C6H8O6.2CH3.Sn/c7-4(8)1-3(6(11)12)2-5(9)10;;;/h3H,1-2H2,(H,7,8)(H,9,10)(H,11,12);2*1H3;/q;;;+2/p-2. The molecule has 1 aliphatic heterocycles. The van der Waals surface area contributed by atoms with Crippen molar-refractivity contribution in [2.24, 2.45) is 5.92 Å². The van der Waals surface area contributed by atoms with Gasteiger partial charge in [-0.2, -0.15) is 0 Å². The van der Waals surface area contributed by atoms with E-state index in [-0.39, 0.29) is 6.42 Å². The molecule has 1 atom stereocenters. The van der Waals surface area contributed by atoms with Gasteiger partial charge in [-0.05, 0) is 0 Å². The number of carbonyl (C=O) groups is 3. The van der Waals surface area contributed by atoms with E-state index in [9.17, 15) is 14.4 Å². The van der Waals surface area contributed by atoms with Crippen LogP contribution in [0.4, 0.5) is 0 Å². The van der Waals surface area contributed by atoms with Crippen molar-refractivity contribution in [3.8, 4) is 0 Å². The van der Waals surface area contributed by atoms with Crippen molar-refractivity contribution in [1.29, 1.82) is 0 Å². The molecule has 0 aromatic heterocycles. The Balaban J connectivity index is 2.79. The van der Waals surface area contributed by atoms with Gasteiger partial charge in [-0.15, -0.1) is 0 Å². The van der Waals surface area contributed by atoms with E-state index in [4.69, 9.17) is 11.3 Å². The predicted octanol–water partition coefficient (Wildman–Crippen LogP) is 0.269. The van der Waals surface area contributed by atoms with Gasteiger partial charge in [0.25, 0.3) is 0 Å². The van der Waals surface area contributed by atoms with Crippen LogP contribution in [0.25, 0.3) is 0 Å². The zero-order valence-corrected chi connectivity index (χ0v) is 11.3. The van der Waals surface area contributed by atoms with Crippen LogP contribution >= 0.6 is 0 Å². The number of hydrogen-bond acceptors (Lipinski definition) is 5. The molecule has 1 N–H and O–H groups in total. The molecule has 1 saturated heterocycles. The second-order valence-electron chi connectivity index (χ2n) is 3.79. The molecule has 15 heavy (non-hydrogen) atoms. The number of carboxylic acid groups (broad SMARTS) is 1. The normalized spacial score (nSPS) is 25.1. The SMILES string of the molecule is [CH3][Sn]1([CH3])[O]C(=O)C[C@H](CC(=O)O)C(=O)[O]1. The van der Waals surface area contributed by atoms with Gasteiger partial charge < -0.3 is 0 Å². The Hall–Kier alpha value is -0.791. The summed E-state index contributed by atoms with van der Waals surface area (Å²) in [4.78, 5) is 36.4. The summed E-state index contributed by atoms with van der Waals surface area (Å²) < 4.78 is 10.1. The van der Waals surface area contributed by atoms with Gasteiger partial charge in [0.05, 0.1) is 0 Å². The summed E-state index contributed by atoms with van der Waals surface area (Å²) in [5, 5.41) is 8.55. The van der Waals surface area contributed by atoms with E-state index in [1.54, 1.807) is 9.88 Å². The van der Waals surface area contributed by atoms with Gasteiger partial charge in [-0.25, -0.2) is 0 Å². The van der Waals surface area contributed by atoms with Gasteiger partial charge in [0.1, 0.15) is 0 Å². The summed E-state index contributed by atoms with van der Waals surface area (Å²) in [6.45, 7) is 0. The summed E-state index contributed by atoms with van der Waals surface area (Å²) in [6.07, 6.45) is -0.596. The number of carbonyl (C=O) groups excluding carboxylic acids is 2. The Labute approximate surface area is 91.5 Å². The van der Waals surface area contributed by atoms with Gasteiger partial charge in [0.15, 0.2) is 0 Å². The van der Waals surface area contributed by atoms with Crippen LogP contribution in [-0.2, 0) is 20.5 Å². The minimum atomic E-state index is -3.49. The van der Waals surface area contributed by atoms with Crippen molar-refractivity contribution >= 4 is 37.1 Å². The topological polar surface area (TPSA) is 89.9 Å². The minimum absolute atomic E-state index is 0.203. The summed E-state index contributed by atoms with van der Waals surface area (Å²) in [6, 6.07) is 0. The number of carboxylic acids is 1. The van der Waals surface area contributed by atoms with Gasteiger partial charge in [-0.3, -0.25) is 0 Å². The molecule has 1 aliphatic rings. The summed E-state index contributed by atoms with van der Waals surface area (Å²) >= 11 is -3.49. The third-order valence-corrected chi connectivity index (χ3v) is 5.90. The molecular formula is C8H12O6Sn. The van der Waals surface area contributed by atoms with Crippen molar-refractivity contribution < 1.29 is 25.6 Å². The van der Waals surface area contributed by atoms with Crippen molar-refractivity contribution in [2.45, 2.75) is 22.7 Å². The Kier molecular flexibility index (Phi) is 3.58. The van der Waals surface area contributed by atoms with Crippen LogP contribution in [0.2, 0.25) is 9.88 Å². The van der Waals surface area contributed by atoms with Gasteiger partial charge in [-0.1, -0.05) is 0 Å². The molecule has 6 nitrogen and oxygen atoms in total. The Morgan fingerprint density at radius 2 is 2.07 bits per heavy atom. The molecule has 0 radical (unpaired) electrons. The molecule has 1 rings (SSSR count). The first kappa shape index (κ1) is 12.3. The maximum atomic E-state index is 11.4. The average molecular weight is 323 g/mol. The van der Waals surface area contributed by atoms with E-state index in [1.807, 2.05) is 0 Å². The molecule has 84 valence electrons. The van der Waals surface area contributed by atoms with Gasteiger partial charge >= 0.3 is 91.4 Å². The van der Waals surface area contributed by atoms with E-state index in [0.29, 0.717) is 0 Å². The van der Waals surface area contributed by atoms with E-state index >= 15 is 0 Å². The van der Waals surface area contributed by atoms with Crippen LogP contribution in [0.5, 0.6) is 0 Å². The van der Waals surface area contributed by atoms with E-state index in [1.165, 1.54) is 0 Å². The van der Waals surface area contributed by atoms with E-state index < -0.39 is 49.5 Å². The molecular weight excluding hydrogens is 311 g/mol. The molecule has 0 aliphatic carbocycles. The van der Waals surface area contributed by atoms with Crippen molar-refractivity contribution in [3.63, 3.8) is 0 Å². The summed E-state index contributed by atoms with van der Waals surface area (Å²) in [5.41, 5.74) is 0. The predicted molar refractivity (Wildman–Crippen MR) is 50.0 cm³/mol. The van der Waals surface area contributed by atoms with E-state index in [2.05, 4.69) is 0 Å². The molecule has 0 unspecified atom stereocenters. The quantitative estimate of drug-likeness (QED) is 0.734. The van der Waals surface area contributed by atoms with Gasteiger partial charge in [0, 0.05) is 0 Å². The summed E-state index contributed by atoms with van der Waals surface area (Å²) in [7, 11) is 0. The van der Waals surface area contributed by atoms with Crippen LogP contribution in [-0.4, -0.2) is 42.2 Å². The molecule has 7 heteroatoms. The van der Waals surface area contributed by atoms with Crippen LogP contribution in [0.3, 0.4) is 0 Å². The van der Waals surface area contributed by atoms with Gasteiger partial charge in [0.2, 0.25) is 0 Å². The van der Waals surface area contributed by atoms with E-state index in [0.717, 1.165) is 0 Å². The van der Waals surface area contributed by atoms with Crippen LogP contribution < -0.4 is 0 Å². The molecule has 0 saturated carbocycles. The first-order valence-corrected chi connectivity index (χ1v) is 12.5. The molecule has 0 aromatic carbocycles. The molecule has 0 amide bonds. The molecule has 0 spiro atoms. The Bertz CT molecular complexity index is 310. The second-order valence-corrected chi connectivity index (χ2v) is 12.9. The second kappa shape index (κ2) is 4.38. The molecule has 1 heterocycles. The fourth-order valence-electron chi connectivity index (χ4n) is 1.31. The fraction of sp³-hybridized carbons (Fsp3) is 0.625. The Morgan fingerprint density at radius 1 is 1.47 bits per heavy atom. The third kappa shape index (κ3) is 3.69. The Morgan fingerprint density at radius 3 is 2.60 bits per heavy atom. The summed E-state index contributed by atoms with van der Waals surface area (Å²) in [5.74, 6) is -3.19. The number of rotatable bonds is 2. The van der Waals surface area contributed by atoms with Crippen molar-refractivity contribution in [2.75, 3.05) is 0 Å². The average Bonchev–Trinajstić information content (AvgIpc) is 2.06. The monoisotopic (exact) mass is 324 g/mol. The zero-order chi connectivity index (χ0) is 11.6. The third-order valence-electron chi connectivity index (χ3n) is 1.87. The van der Waals surface area contributed by atoms with Crippen molar-refractivity contribution in [3.05, 3.63) is 0 Å². The van der Waals surface area contributed by atoms with Crippen LogP contribution in [0.15, 0.2) is 0 Å². The fourth-order valence-corrected chi connectivity index (χ4v) is 5.09. The first-order chi connectivity index (χ1) is 6.80. The van der Waals surface area contributed by atoms with Crippen molar-refractivity contribution in [1.82, 2.24) is 0 Å². The number of hydrogen-bond donors (Lipinski definition) is 1. The molecule has 1 fully saturated rings. The van der Waals surface area contributed by atoms with Crippen LogP contribution in [0.1, 0.15) is 12.8 Å². The molecule has 0 bridgehead atoms. The maximum absolute atomic E-state index is 11.4. The first-order valence-electron chi connectivity index (χ1n) is 4.46. The zero-order valence-electron chi connectivity index (χ0n) is 8.48. The number of aliphatic carboxylic acids is 1. The van der Waals surface area contributed by atoms with Crippen LogP contribution in [0, 0.1) is 5.92 Å².